The number of rotatable bonds is 34. The number of ether oxygens (including phenoxy) is 2. The van der Waals surface area contributed by atoms with Crippen molar-refractivity contribution in [3.05, 3.63) is 60.8 Å². The molecule has 1 fully saturated rings. The highest BCUT2D eigenvalue weighted by Gasteiger charge is 2.51. The Labute approximate surface area is 337 Å². The van der Waals surface area contributed by atoms with E-state index in [1.807, 2.05) is 12.2 Å². The lowest BCUT2D eigenvalue weighted by Crippen LogP contribution is -2.64. The van der Waals surface area contributed by atoms with Crippen molar-refractivity contribution in [3.8, 4) is 0 Å². The van der Waals surface area contributed by atoms with Crippen molar-refractivity contribution in [1.29, 1.82) is 0 Å². The summed E-state index contributed by atoms with van der Waals surface area (Å²) in [6.45, 7) is 4.06. The van der Waals surface area contributed by atoms with E-state index in [4.69, 9.17) is 18.5 Å². The van der Waals surface area contributed by atoms with Crippen molar-refractivity contribution in [2.75, 3.05) is 19.8 Å². The number of aliphatic hydroxyl groups excluding tert-OH is 5. The van der Waals surface area contributed by atoms with Gasteiger partial charge in [0.2, 0.25) is 0 Å². The SMILES string of the molecule is CC/C=C\C/C=C\C/C=C\C/C=C\C/C=C\CCCC(=O)OC(COCCCCCCCCCCCCCC)COP(=O)(O)OC1C(O)C(O)C(O)C(O)C1O. The first-order valence-corrected chi connectivity index (χ1v) is 22.6. The summed E-state index contributed by atoms with van der Waals surface area (Å²) >= 11 is 0. The fraction of sp³-hybridized carbons (Fsp3) is 0.744. The summed E-state index contributed by atoms with van der Waals surface area (Å²) in [5.41, 5.74) is 0. The van der Waals surface area contributed by atoms with Gasteiger partial charge in [-0.3, -0.25) is 13.8 Å². The van der Waals surface area contributed by atoms with Gasteiger partial charge in [0.1, 0.15) is 42.7 Å². The van der Waals surface area contributed by atoms with Crippen LogP contribution in [0.15, 0.2) is 60.8 Å². The smallest absolute Gasteiger partial charge is 0.457 e. The maximum atomic E-state index is 12.8. The zero-order valence-corrected chi connectivity index (χ0v) is 35.1. The van der Waals surface area contributed by atoms with Crippen LogP contribution < -0.4 is 0 Å². The lowest BCUT2D eigenvalue weighted by molar-refractivity contribution is -0.220. The fourth-order valence-electron chi connectivity index (χ4n) is 6.04. The van der Waals surface area contributed by atoms with Gasteiger partial charge in [0.25, 0.3) is 0 Å². The predicted molar refractivity (Wildman–Crippen MR) is 221 cm³/mol. The molecule has 6 N–H and O–H groups in total. The zero-order chi connectivity index (χ0) is 41.3. The molecule has 0 radical (unpaired) electrons. The zero-order valence-electron chi connectivity index (χ0n) is 34.2. The summed E-state index contributed by atoms with van der Waals surface area (Å²) in [5.74, 6) is -0.535. The number of allylic oxidation sites excluding steroid dienone is 10. The summed E-state index contributed by atoms with van der Waals surface area (Å²) in [6, 6.07) is 0. The number of aliphatic hydroxyl groups is 5. The average Bonchev–Trinajstić information content (AvgIpc) is 3.18. The summed E-state index contributed by atoms with van der Waals surface area (Å²) < 4.78 is 34.0. The molecule has 1 aliphatic carbocycles. The Hall–Kier alpha value is -1.96. The van der Waals surface area contributed by atoms with Crippen molar-refractivity contribution in [2.45, 2.75) is 185 Å². The predicted octanol–water partition coefficient (Wildman–Crippen LogP) is 7.86. The number of hydrogen-bond donors (Lipinski definition) is 6. The minimum Gasteiger partial charge on any atom is -0.457 e. The third-order valence-corrected chi connectivity index (χ3v) is 10.4. The van der Waals surface area contributed by atoms with Gasteiger partial charge in [-0.2, -0.15) is 0 Å². The third-order valence-electron chi connectivity index (χ3n) is 9.40. The Morgan fingerprint density at radius 3 is 1.54 bits per heavy atom. The molecule has 13 heteroatoms. The van der Waals surface area contributed by atoms with Crippen molar-refractivity contribution >= 4 is 13.8 Å². The number of carbonyl (C=O) groups is 1. The molecular weight excluding hydrogens is 739 g/mol. The van der Waals surface area contributed by atoms with Gasteiger partial charge in [0.15, 0.2) is 0 Å². The Morgan fingerprint density at radius 1 is 0.589 bits per heavy atom. The van der Waals surface area contributed by atoms with Crippen LogP contribution in [-0.2, 0) is 27.9 Å². The molecule has 6 unspecified atom stereocenters. The monoisotopic (exact) mass is 814 g/mol. The second kappa shape index (κ2) is 34.0. The van der Waals surface area contributed by atoms with E-state index in [2.05, 4.69) is 62.5 Å². The van der Waals surface area contributed by atoms with Crippen LogP contribution in [0.25, 0.3) is 0 Å². The number of carbonyl (C=O) groups excluding carboxylic acids is 1. The highest BCUT2D eigenvalue weighted by Crippen LogP contribution is 2.47. The van der Waals surface area contributed by atoms with Crippen LogP contribution in [-0.4, -0.2) is 98.9 Å². The van der Waals surface area contributed by atoms with Crippen LogP contribution in [0.2, 0.25) is 0 Å². The van der Waals surface area contributed by atoms with Gasteiger partial charge >= 0.3 is 13.8 Å². The van der Waals surface area contributed by atoms with Crippen molar-refractivity contribution in [3.63, 3.8) is 0 Å². The number of esters is 1. The lowest BCUT2D eigenvalue weighted by Gasteiger charge is -2.41. The van der Waals surface area contributed by atoms with Crippen LogP contribution in [0.4, 0.5) is 0 Å². The summed E-state index contributed by atoms with van der Waals surface area (Å²) in [6.07, 6.45) is 28.7. The Kier molecular flexibility index (Phi) is 31.6. The first-order valence-electron chi connectivity index (χ1n) is 21.1. The molecule has 0 amide bonds. The van der Waals surface area contributed by atoms with Crippen LogP contribution in [0, 0.1) is 0 Å². The van der Waals surface area contributed by atoms with E-state index < -0.39 is 63.1 Å². The second-order valence-electron chi connectivity index (χ2n) is 14.5. The van der Waals surface area contributed by atoms with Crippen molar-refractivity contribution < 1.29 is 58.3 Å². The molecule has 0 aromatic rings. The molecule has 1 saturated carbocycles. The quantitative estimate of drug-likeness (QED) is 0.0160. The van der Waals surface area contributed by atoms with E-state index in [1.54, 1.807) is 0 Å². The molecule has 0 aromatic carbocycles. The molecule has 0 saturated heterocycles. The second-order valence-corrected chi connectivity index (χ2v) is 15.9. The number of unbranched alkanes of at least 4 members (excludes halogenated alkanes) is 12. The molecule has 1 aliphatic rings. The summed E-state index contributed by atoms with van der Waals surface area (Å²) in [4.78, 5) is 23.0. The molecule has 324 valence electrons. The molecule has 0 aliphatic heterocycles. The van der Waals surface area contributed by atoms with Crippen molar-refractivity contribution in [2.24, 2.45) is 0 Å². The minimum absolute atomic E-state index is 0.100. The standard InChI is InChI=1S/C43H75O12P/c1-3-5-7-9-11-13-15-17-18-19-20-21-22-24-26-28-30-32-37(44)54-36(34-52-33-31-29-27-25-23-16-14-12-10-8-6-4-2)35-53-56(50,51)55-43-41(48)39(46)38(45)40(47)42(43)49/h5,7,11,13,17-18,20-21,24,26,36,38-43,45-49H,3-4,6,8-10,12,14-16,19,22-23,25,27-35H2,1-2H3,(H,50,51)/b7-5-,13-11-,18-17-,21-20-,26-24-. The molecule has 0 aromatic heterocycles. The average molecular weight is 815 g/mol. The van der Waals surface area contributed by atoms with E-state index in [9.17, 15) is 39.8 Å². The topological polar surface area (TPSA) is 192 Å². The maximum Gasteiger partial charge on any atom is 0.472 e. The van der Waals surface area contributed by atoms with Gasteiger partial charge in [-0.15, -0.1) is 0 Å². The van der Waals surface area contributed by atoms with E-state index in [0.717, 1.165) is 51.4 Å². The normalized spacial score (nSPS) is 23.6. The van der Waals surface area contributed by atoms with Gasteiger partial charge in [0, 0.05) is 13.0 Å². The van der Waals surface area contributed by atoms with Crippen LogP contribution in [0.5, 0.6) is 0 Å². The first-order chi connectivity index (χ1) is 27.0. The summed E-state index contributed by atoms with van der Waals surface area (Å²) in [7, 11) is -5.03. The lowest BCUT2D eigenvalue weighted by atomic mass is 9.85. The van der Waals surface area contributed by atoms with Gasteiger partial charge in [-0.05, 0) is 51.4 Å². The van der Waals surface area contributed by atoms with Crippen LogP contribution >= 0.6 is 7.82 Å². The van der Waals surface area contributed by atoms with Gasteiger partial charge in [0.05, 0.1) is 13.2 Å². The molecule has 56 heavy (non-hydrogen) atoms. The van der Waals surface area contributed by atoms with Gasteiger partial charge < -0.3 is 39.9 Å². The number of hydrogen-bond acceptors (Lipinski definition) is 11. The van der Waals surface area contributed by atoms with Gasteiger partial charge in [-0.25, -0.2) is 4.57 Å². The fourth-order valence-corrected chi connectivity index (χ4v) is 7.01. The largest absolute Gasteiger partial charge is 0.472 e. The van der Waals surface area contributed by atoms with Gasteiger partial charge in [-0.1, -0.05) is 145 Å². The van der Waals surface area contributed by atoms with E-state index in [1.165, 1.54) is 57.8 Å². The molecule has 0 heterocycles. The Morgan fingerprint density at radius 2 is 1.04 bits per heavy atom. The number of phosphoric ester groups is 1. The Bertz CT molecular complexity index is 1160. The maximum absolute atomic E-state index is 12.8. The number of phosphoric acid groups is 1. The Balaban J connectivity index is 2.49. The molecule has 0 spiro atoms. The molecular formula is C43H75O12P. The third kappa shape index (κ3) is 26.1. The van der Waals surface area contributed by atoms with E-state index in [0.29, 0.717) is 19.4 Å². The summed E-state index contributed by atoms with van der Waals surface area (Å²) in [5, 5.41) is 50.0. The van der Waals surface area contributed by atoms with Crippen LogP contribution in [0.3, 0.4) is 0 Å². The van der Waals surface area contributed by atoms with Crippen molar-refractivity contribution in [1.82, 2.24) is 0 Å². The minimum atomic E-state index is -5.03. The molecule has 1 rings (SSSR count). The van der Waals surface area contributed by atoms with Crippen LogP contribution in [0.1, 0.15) is 142 Å². The molecule has 6 atom stereocenters. The highest BCUT2D eigenvalue weighted by molar-refractivity contribution is 7.47. The first kappa shape index (κ1) is 52.1. The van der Waals surface area contributed by atoms with E-state index >= 15 is 0 Å². The molecule has 12 nitrogen and oxygen atoms in total. The molecule has 0 bridgehead atoms. The van der Waals surface area contributed by atoms with E-state index in [-0.39, 0.29) is 13.0 Å². The highest BCUT2D eigenvalue weighted by atomic mass is 31.2.